The first kappa shape index (κ1) is 27.5. The zero-order chi connectivity index (χ0) is 25.7. The number of phenols is 3. The maximum Gasteiger partial charge on any atom is 0.337 e. The van der Waals surface area contributed by atoms with E-state index in [1.165, 1.54) is 70.7 Å². The third-order valence-corrected chi connectivity index (χ3v) is 4.14. The maximum absolute atomic E-state index is 11.0. The lowest BCUT2D eigenvalue weighted by Gasteiger charge is -2.04. The van der Waals surface area contributed by atoms with Gasteiger partial charge in [0.2, 0.25) is 0 Å². The zero-order valence-electron chi connectivity index (χ0n) is 19.1. The molecule has 0 aliphatic rings. The van der Waals surface area contributed by atoms with E-state index in [1.807, 2.05) is 0 Å². The van der Waals surface area contributed by atoms with Crippen LogP contribution in [0.4, 0.5) is 0 Å². The molecule has 9 nitrogen and oxygen atoms in total. The molecule has 0 saturated heterocycles. The molecule has 0 amide bonds. The summed E-state index contributed by atoms with van der Waals surface area (Å²) >= 11 is 0. The molecule has 180 valence electrons. The van der Waals surface area contributed by atoms with Crippen LogP contribution in [-0.4, -0.2) is 54.4 Å². The number of hydrogen-bond acceptors (Lipinski definition) is 9. The minimum absolute atomic E-state index is 0.00449. The number of benzene rings is 3. The van der Waals surface area contributed by atoms with E-state index in [4.69, 9.17) is 14.9 Å². The van der Waals surface area contributed by atoms with Gasteiger partial charge < -0.3 is 29.5 Å². The molecule has 0 unspecified atom stereocenters. The van der Waals surface area contributed by atoms with Gasteiger partial charge in [-0.2, -0.15) is 0 Å². The van der Waals surface area contributed by atoms with Crippen LogP contribution in [0.3, 0.4) is 0 Å². The lowest BCUT2D eigenvalue weighted by Crippen LogP contribution is -2.01. The van der Waals surface area contributed by atoms with Crippen molar-refractivity contribution in [1.82, 2.24) is 0 Å². The van der Waals surface area contributed by atoms with Crippen LogP contribution in [-0.2, 0) is 9.47 Å². The molecule has 0 aliphatic heterocycles. The summed E-state index contributed by atoms with van der Waals surface area (Å²) in [4.78, 5) is 32.5. The van der Waals surface area contributed by atoms with Crippen molar-refractivity contribution in [3.8, 4) is 23.0 Å². The van der Waals surface area contributed by atoms with E-state index in [0.29, 0.717) is 16.7 Å². The molecule has 3 rings (SSSR count). The highest BCUT2D eigenvalue weighted by molar-refractivity contribution is 5.94. The number of rotatable bonds is 4. The molecule has 0 aliphatic carbocycles. The lowest BCUT2D eigenvalue weighted by atomic mass is 10.1. The topological polar surface area (TPSA) is 140 Å². The average Bonchev–Trinajstić information content (AvgIpc) is 2.84. The Bertz CT molecular complexity index is 1110. The summed E-state index contributed by atoms with van der Waals surface area (Å²) in [6.45, 7) is 1.49. The molecule has 3 N–H and O–H groups in total. The van der Waals surface area contributed by atoms with Gasteiger partial charge in [-0.1, -0.05) is 6.07 Å². The minimum Gasteiger partial charge on any atom is -0.508 e. The van der Waals surface area contributed by atoms with Crippen LogP contribution in [0.1, 0.15) is 38.0 Å². The van der Waals surface area contributed by atoms with E-state index >= 15 is 0 Å². The third kappa shape index (κ3) is 8.91. The first-order chi connectivity index (χ1) is 16.1. The van der Waals surface area contributed by atoms with E-state index in [2.05, 4.69) is 9.47 Å². The highest BCUT2D eigenvalue weighted by atomic mass is 16.5. The van der Waals surface area contributed by atoms with Crippen molar-refractivity contribution in [1.29, 1.82) is 0 Å². The van der Waals surface area contributed by atoms with Gasteiger partial charge in [0.1, 0.15) is 11.5 Å². The standard InChI is InChI=1S/C9H10O4.C8H8O3.C8H8O2/c1-12-8-5-6(9(11)13-2)3-4-7(8)10;1-11-8(10)6-3-2-4-7(9)5-6;1-6(9)7-2-4-8(10)5-3-7/h3-5,10H,1-2H3;2-5,9H,1H3;2-5,10H,1H3. The first-order valence-electron chi connectivity index (χ1n) is 9.75. The molecule has 0 atom stereocenters. The molecule has 0 aromatic heterocycles. The van der Waals surface area contributed by atoms with Crippen LogP contribution in [0.2, 0.25) is 0 Å². The van der Waals surface area contributed by atoms with E-state index in [0.717, 1.165) is 0 Å². The fourth-order valence-corrected chi connectivity index (χ4v) is 2.37. The number of methoxy groups -OCH3 is 3. The van der Waals surface area contributed by atoms with Crippen molar-refractivity contribution >= 4 is 17.7 Å². The van der Waals surface area contributed by atoms with Gasteiger partial charge in [0, 0.05) is 5.56 Å². The quantitative estimate of drug-likeness (QED) is 0.382. The largest absolute Gasteiger partial charge is 0.508 e. The highest BCUT2D eigenvalue weighted by Gasteiger charge is 2.09. The molecule has 34 heavy (non-hydrogen) atoms. The maximum atomic E-state index is 11.0. The van der Waals surface area contributed by atoms with Gasteiger partial charge in [-0.25, -0.2) is 9.59 Å². The van der Waals surface area contributed by atoms with Crippen LogP contribution >= 0.6 is 0 Å². The van der Waals surface area contributed by atoms with Gasteiger partial charge in [-0.3, -0.25) is 4.79 Å². The Morgan fingerprint density at radius 2 is 1.18 bits per heavy atom. The number of hydrogen-bond donors (Lipinski definition) is 3. The number of phenolic OH excluding ortho intramolecular Hbond substituents is 3. The fraction of sp³-hybridized carbons (Fsp3) is 0.160. The minimum atomic E-state index is -0.460. The van der Waals surface area contributed by atoms with Crippen molar-refractivity contribution in [3.05, 3.63) is 83.4 Å². The Kier molecular flexibility index (Phi) is 11.2. The Balaban J connectivity index is 0.000000257. The van der Waals surface area contributed by atoms with E-state index < -0.39 is 11.9 Å². The Labute approximate surface area is 196 Å². The van der Waals surface area contributed by atoms with Crippen molar-refractivity contribution < 1.29 is 43.9 Å². The SMILES string of the molecule is CC(=O)c1ccc(O)cc1.COC(=O)c1ccc(O)c(OC)c1.COC(=O)c1cccc(O)c1. The first-order valence-corrected chi connectivity index (χ1v) is 9.75. The molecule has 0 spiro atoms. The van der Waals surface area contributed by atoms with Gasteiger partial charge >= 0.3 is 11.9 Å². The molecule has 0 saturated carbocycles. The average molecular weight is 470 g/mol. The van der Waals surface area contributed by atoms with Gasteiger partial charge in [-0.05, 0) is 67.6 Å². The smallest absolute Gasteiger partial charge is 0.337 e. The second-order valence-corrected chi connectivity index (χ2v) is 6.52. The number of ether oxygens (including phenoxy) is 3. The second kappa shape index (κ2) is 13.8. The molecule has 3 aromatic carbocycles. The molecular weight excluding hydrogens is 444 g/mol. The van der Waals surface area contributed by atoms with Gasteiger partial charge in [0.25, 0.3) is 0 Å². The third-order valence-electron chi connectivity index (χ3n) is 4.14. The normalized spacial score (nSPS) is 9.29. The van der Waals surface area contributed by atoms with Crippen molar-refractivity contribution in [2.45, 2.75) is 6.92 Å². The van der Waals surface area contributed by atoms with Crippen molar-refractivity contribution in [3.63, 3.8) is 0 Å². The number of Topliss-reactive ketones (excluding diaryl/α,β-unsaturated/α-hetero) is 1. The number of carbonyl (C=O) groups excluding carboxylic acids is 3. The number of ketones is 1. The Morgan fingerprint density at radius 1 is 0.647 bits per heavy atom. The molecule has 0 bridgehead atoms. The fourth-order valence-electron chi connectivity index (χ4n) is 2.37. The predicted molar refractivity (Wildman–Crippen MR) is 124 cm³/mol. The van der Waals surface area contributed by atoms with Gasteiger partial charge in [-0.15, -0.1) is 0 Å². The molecular formula is C25H26O9. The lowest BCUT2D eigenvalue weighted by molar-refractivity contribution is 0.0591. The van der Waals surface area contributed by atoms with Crippen LogP contribution in [0.25, 0.3) is 0 Å². The number of esters is 2. The number of aromatic hydroxyl groups is 3. The van der Waals surface area contributed by atoms with E-state index in [-0.39, 0.29) is 28.8 Å². The summed E-state index contributed by atoms with van der Waals surface area (Å²) in [7, 11) is 4.00. The summed E-state index contributed by atoms with van der Waals surface area (Å²) in [5.74, 6) is -0.393. The summed E-state index contributed by atoms with van der Waals surface area (Å²) in [6, 6.07) is 16.4. The molecule has 0 fully saturated rings. The summed E-state index contributed by atoms with van der Waals surface area (Å²) in [5.41, 5.74) is 1.32. The Hall–Kier alpha value is -4.53. The van der Waals surface area contributed by atoms with Crippen molar-refractivity contribution in [2.24, 2.45) is 0 Å². The Morgan fingerprint density at radius 3 is 1.65 bits per heavy atom. The van der Waals surface area contributed by atoms with Crippen molar-refractivity contribution in [2.75, 3.05) is 21.3 Å². The molecule has 0 radical (unpaired) electrons. The van der Waals surface area contributed by atoms with Gasteiger partial charge in [0.15, 0.2) is 17.3 Å². The van der Waals surface area contributed by atoms with Crippen LogP contribution in [0, 0.1) is 0 Å². The number of carbonyl (C=O) groups is 3. The summed E-state index contributed by atoms with van der Waals surface area (Å²) < 4.78 is 13.8. The van der Waals surface area contributed by atoms with Crippen LogP contribution in [0.15, 0.2) is 66.7 Å². The monoisotopic (exact) mass is 470 g/mol. The summed E-state index contributed by atoms with van der Waals surface area (Å²) in [6.07, 6.45) is 0. The van der Waals surface area contributed by atoms with E-state index in [9.17, 15) is 19.5 Å². The summed E-state index contributed by atoms with van der Waals surface area (Å²) in [5, 5.41) is 27.0. The predicted octanol–water partition coefficient (Wildman–Crippen LogP) is 3.96. The van der Waals surface area contributed by atoms with Gasteiger partial charge in [0.05, 0.1) is 32.5 Å². The molecule has 0 heterocycles. The second-order valence-electron chi connectivity index (χ2n) is 6.52. The highest BCUT2D eigenvalue weighted by Crippen LogP contribution is 2.26. The van der Waals surface area contributed by atoms with Crippen LogP contribution < -0.4 is 4.74 Å². The molecule has 3 aromatic rings. The molecule has 9 heteroatoms. The zero-order valence-corrected chi connectivity index (χ0v) is 19.1. The van der Waals surface area contributed by atoms with Crippen LogP contribution in [0.5, 0.6) is 23.0 Å². The van der Waals surface area contributed by atoms with E-state index in [1.54, 1.807) is 24.3 Å².